The molecule has 0 atom stereocenters. The van der Waals surface area contributed by atoms with E-state index in [0.717, 1.165) is 0 Å². The molecule has 2 aromatic rings. The average molecular weight is 219 g/mol. The zero-order valence-corrected chi connectivity index (χ0v) is 8.80. The van der Waals surface area contributed by atoms with Crippen LogP contribution < -0.4 is 0 Å². The van der Waals surface area contributed by atoms with E-state index in [1.165, 1.54) is 6.07 Å². The molecule has 0 aliphatic heterocycles. The lowest BCUT2D eigenvalue weighted by Gasteiger charge is -1.98. The Bertz CT molecular complexity index is 548. The molecule has 16 heavy (non-hydrogen) atoms. The Morgan fingerprint density at radius 3 is 2.62 bits per heavy atom. The Kier molecular flexibility index (Phi) is 2.40. The van der Waals surface area contributed by atoms with E-state index in [0.29, 0.717) is 22.8 Å². The maximum absolute atomic E-state index is 10.6. The third-order valence-electron chi connectivity index (χ3n) is 2.18. The SMILES string of the molecule is Cc1nc(-c2ccc([N+](=O)[O-])c(C)c2)no1. The van der Waals surface area contributed by atoms with Gasteiger partial charge in [-0.25, -0.2) is 0 Å². The third kappa shape index (κ3) is 1.77. The van der Waals surface area contributed by atoms with Gasteiger partial charge in [-0.15, -0.1) is 0 Å². The van der Waals surface area contributed by atoms with Gasteiger partial charge in [0.05, 0.1) is 4.92 Å². The van der Waals surface area contributed by atoms with Gasteiger partial charge >= 0.3 is 0 Å². The topological polar surface area (TPSA) is 82.1 Å². The highest BCUT2D eigenvalue weighted by molar-refractivity contribution is 5.59. The summed E-state index contributed by atoms with van der Waals surface area (Å²) in [5, 5.41) is 14.4. The Hall–Kier alpha value is -2.24. The maximum Gasteiger partial charge on any atom is 0.272 e. The molecule has 6 heteroatoms. The van der Waals surface area contributed by atoms with Crippen molar-refractivity contribution in [2.24, 2.45) is 0 Å². The molecule has 0 bridgehead atoms. The largest absolute Gasteiger partial charge is 0.339 e. The number of aromatic nitrogens is 2. The van der Waals surface area contributed by atoms with Gasteiger partial charge in [0.1, 0.15) is 0 Å². The van der Waals surface area contributed by atoms with Crippen molar-refractivity contribution in [2.75, 3.05) is 0 Å². The Morgan fingerprint density at radius 2 is 2.12 bits per heavy atom. The normalized spacial score (nSPS) is 10.4. The lowest BCUT2D eigenvalue weighted by Crippen LogP contribution is -1.92. The number of hydrogen-bond donors (Lipinski definition) is 0. The van der Waals surface area contributed by atoms with Crippen LogP contribution >= 0.6 is 0 Å². The van der Waals surface area contributed by atoms with Gasteiger partial charge in [0, 0.05) is 24.1 Å². The first-order chi connectivity index (χ1) is 7.58. The first-order valence-corrected chi connectivity index (χ1v) is 4.63. The van der Waals surface area contributed by atoms with E-state index in [1.807, 2.05) is 0 Å². The molecule has 82 valence electrons. The molecule has 2 rings (SSSR count). The molecule has 1 aromatic carbocycles. The van der Waals surface area contributed by atoms with E-state index in [1.54, 1.807) is 26.0 Å². The van der Waals surface area contributed by atoms with Gasteiger partial charge in [-0.2, -0.15) is 4.98 Å². The summed E-state index contributed by atoms with van der Waals surface area (Å²) in [6.07, 6.45) is 0. The first-order valence-electron chi connectivity index (χ1n) is 4.63. The number of rotatable bonds is 2. The first kappa shape index (κ1) is 10.3. The Labute approximate surface area is 91.1 Å². The van der Waals surface area contributed by atoms with Gasteiger partial charge < -0.3 is 4.52 Å². The summed E-state index contributed by atoms with van der Waals surface area (Å²) in [6, 6.07) is 4.72. The van der Waals surface area contributed by atoms with Crippen LogP contribution in [0.3, 0.4) is 0 Å². The minimum absolute atomic E-state index is 0.0870. The quantitative estimate of drug-likeness (QED) is 0.571. The molecular weight excluding hydrogens is 210 g/mol. The number of nitrogens with zero attached hydrogens (tertiary/aromatic N) is 3. The monoisotopic (exact) mass is 219 g/mol. The highest BCUT2D eigenvalue weighted by Crippen LogP contribution is 2.23. The van der Waals surface area contributed by atoms with Crippen molar-refractivity contribution in [3.63, 3.8) is 0 Å². The fourth-order valence-corrected chi connectivity index (χ4v) is 1.42. The van der Waals surface area contributed by atoms with Gasteiger partial charge in [0.2, 0.25) is 11.7 Å². The highest BCUT2D eigenvalue weighted by atomic mass is 16.6. The van der Waals surface area contributed by atoms with E-state index in [2.05, 4.69) is 10.1 Å². The van der Waals surface area contributed by atoms with Crippen molar-refractivity contribution < 1.29 is 9.45 Å². The van der Waals surface area contributed by atoms with Crippen molar-refractivity contribution in [2.45, 2.75) is 13.8 Å². The van der Waals surface area contributed by atoms with E-state index >= 15 is 0 Å². The molecule has 1 heterocycles. The lowest BCUT2D eigenvalue weighted by atomic mass is 10.1. The molecule has 0 N–H and O–H groups in total. The van der Waals surface area contributed by atoms with Crippen LogP contribution in [0.2, 0.25) is 0 Å². The molecule has 0 fully saturated rings. The van der Waals surface area contributed by atoms with Crippen LogP contribution in [0.25, 0.3) is 11.4 Å². The average Bonchev–Trinajstić information content (AvgIpc) is 2.64. The van der Waals surface area contributed by atoms with Gasteiger partial charge in [0.25, 0.3) is 5.69 Å². The van der Waals surface area contributed by atoms with Crippen molar-refractivity contribution in [3.05, 3.63) is 39.8 Å². The molecule has 1 aromatic heterocycles. The zero-order chi connectivity index (χ0) is 11.7. The van der Waals surface area contributed by atoms with Crippen LogP contribution in [0.1, 0.15) is 11.5 Å². The summed E-state index contributed by atoms with van der Waals surface area (Å²) in [7, 11) is 0. The summed E-state index contributed by atoms with van der Waals surface area (Å²) in [5.74, 6) is 0.904. The second-order valence-electron chi connectivity index (χ2n) is 3.40. The predicted octanol–water partition coefficient (Wildman–Crippen LogP) is 2.26. The van der Waals surface area contributed by atoms with Crippen LogP contribution in [-0.4, -0.2) is 15.1 Å². The van der Waals surface area contributed by atoms with Crippen LogP contribution in [0.15, 0.2) is 22.7 Å². The number of aryl methyl sites for hydroxylation is 2. The van der Waals surface area contributed by atoms with Gasteiger partial charge in [-0.05, 0) is 19.1 Å². The number of hydrogen-bond acceptors (Lipinski definition) is 5. The molecule has 0 amide bonds. The van der Waals surface area contributed by atoms with Crippen molar-refractivity contribution in [1.82, 2.24) is 10.1 Å². The third-order valence-corrected chi connectivity index (χ3v) is 2.18. The van der Waals surface area contributed by atoms with Crippen LogP contribution in [-0.2, 0) is 0 Å². The molecule has 0 radical (unpaired) electrons. The standard InChI is InChI=1S/C10H9N3O3/c1-6-5-8(3-4-9(6)13(14)15)10-11-7(2)16-12-10/h3-5H,1-2H3. The molecule has 0 spiro atoms. The number of nitro benzene ring substituents is 1. The van der Waals surface area contributed by atoms with Crippen molar-refractivity contribution in [3.8, 4) is 11.4 Å². The molecule has 0 unspecified atom stereocenters. The fraction of sp³-hybridized carbons (Fsp3) is 0.200. The summed E-state index contributed by atoms with van der Waals surface area (Å²) in [4.78, 5) is 14.3. The van der Waals surface area contributed by atoms with Crippen molar-refractivity contribution in [1.29, 1.82) is 0 Å². The van der Waals surface area contributed by atoms with Crippen LogP contribution in [0, 0.1) is 24.0 Å². The molecule has 0 saturated heterocycles. The summed E-state index contributed by atoms with van der Waals surface area (Å²) >= 11 is 0. The summed E-state index contributed by atoms with van der Waals surface area (Å²) in [6.45, 7) is 3.36. The molecule has 6 nitrogen and oxygen atoms in total. The van der Waals surface area contributed by atoms with E-state index in [-0.39, 0.29) is 5.69 Å². The molecular formula is C10H9N3O3. The fourth-order valence-electron chi connectivity index (χ4n) is 1.42. The molecule has 0 aliphatic carbocycles. The second-order valence-corrected chi connectivity index (χ2v) is 3.40. The van der Waals surface area contributed by atoms with Gasteiger partial charge in [0.15, 0.2) is 0 Å². The zero-order valence-electron chi connectivity index (χ0n) is 8.80. The van der Waals surface area contributed by atoms with E-state index < -0.39 is 4.92 Å². The van der Waals surface area contributed by atoms with E-state index in [4.69, 9.17) is 4.52 Å². The van der Waals surface area contributed by atoms with Gasteiger partial charge in [-0.3, -0.25) is 10.1 Å². The smallest absolute Gasteiger partial charge is 0.272 e. The number of benzene rings is 1. The van der Waals surface area contributed by atoms with Crippen molar-refractivity contribution >= 4 is 5.69 Å². The Morgan fingerprint density at radius 1 is 1.38 bits per heavy atom. The van der Waals surface area contributed by atoms with Crippen LogP contribution in [0.5, 0.6) is 0 Å². The predicted molar refractivity (Wildman–Crippen MR) is 55.9 cm³/mol. The lowest BCUT2D eigenvalue weighted by molar-refractivity contribution is -0.385. The number of nitro groups is 1. The summed E-state index contributed by atoms with van der Waals surface area (Å²) < 4.78 is 4.84. The van der Waals surface area contributed by atoms with Crippen LogP contribution in [0.4, 0.5) is 5.69 Å². The van der Waals surface area contributed by atoms with Gasteiger partial charge in [-0.1, -0.05) is 5.16 Å². The molecule has 0 saturated carbocycles. The minimum atomic E-state index is -0.416. The highest BCUT2D eigenvalue weighted by Gasteiger charge is 2.13. The minimum Gasteiger partial charge on any atom is -0.339 e. The second kappa shape index (κ2) is 3.73. The summed E-state index contributed by atoms with van der Waals surface area (Å²) in [5.41, 5.74) is 1.37. The Balaban J connectivity index is 2.45. The maximum atomic E-state index is 10.6. The van der Waals surface area contributed by atoms with E-state index in [9.17, 15) is 10.1 Å². The molecule has 0 aliphatic rings.